The Morgan fingerprint density at radius 3 is 2.95 bits per heavy atom. The van der Waals surface area contributed by atoms with E-state index in [2.05, 4.69) is 5.32 Å². The molecule has 1 aliphatic heterocycles. The van der Waals surface area contributed by atoms with E-state index in [4.69, 9.17) is 10.5 Å². The second-order valence-electron chi connectivity index (χ2n) is 4.99. The van der Waals surface area contributed by atoms with Gasteiger partial charge in [0.15, 0.2) is 0 Å². The number of rotatable bonds is 7. The lowest BCUT2D eigenvalue weighted by Crippen LogP contribution is -2.36. The van der Waals surface area contributed by atoms with E-state index in [1.165, 1.54) is 6.07 Å². The molecule has 116 valence electrons. The number of hydrogen-bond donors (Lipinski definition) is 2. The van der Waals surface area contributed by atoms with Crippen LogP contribution in [-0.2, 0) is 15.3 Å². The molecule has 1 amide bonds. The fourth-order valence-electron chi connectivity index (χ4n) is 2.23. The van der Waals surface area contributed by atoms with Crippen molar-refractivity contribution in [3.63, 3.8) is 0 Å². The zero-order valence-corrected chi connectivity index (χ0v) is 12.7. The number of hydrogen-bond acceptors (Lipinski definition) is 4. The molecule has 1 aromatic rings. The third kappa shape index (κ3) is 4.98. The van der Waals surface area contributed by atoms with Crippen LogP contribution < -0.4 is 11.1 Å². The lowest BCUT2D eigenvalue weighted by atomic mass is 10.2. The monoisotopic (exact) mass is 312 g/mol. The molecule has 1 aromatic carbocycles. The first-order chi connectivity index (χ1) is 10.2. The Morgan fingerprint density at radius 1 is 1.43 bits per heavy atom. The molecule has 2 rings (SSSR count). The van der Waals surface area contributed by atoms with Gasteiger partial charge in [0.1, 0.15) is 11.9 Å². The Labute approximate surface area is 128 Å². The predicted molar refractivity (Wildman–Crippen MR) is 82.5 cm³/mol. The number of nitrogens with one attached hydrogen (secondary N) is 1. The van der Waals surface area contributed by atoms with Gasteiger partial charge in [-0.2, -0.15) is 11.8 Å². The van der Waals surface area contributed by atoms with Crippen LogP contribution in [0.2, 0.25) is 0 Å². The quantitative estimate of drug-likeness (QED) is 0.752. The van der Waals surface area contributed by atoms with Gasteiger partial charge in [0.05, 0.1) is 6.10 Å². The summed E-state index contributed by atoms with van der Waals surface area (Å²) in [7, 11) is 0. The summed E-state index contributed by atoms with van der Waals surface area (Å²) in [4.78, 5) is 11.8. The van der Waals surface area contributed by atoms with E-state index in [1.54, 1.807) is 23.9 Å². The summed E-state index contributed by atoms with van der Waals surface area (Å²) in [6, 6.07) is 6.75. The average Bonchev–Trinajstić information content (AvgIpc) is 2.97. The van der Waals surface area contributed by atoms with Crippen LogP contribution in [-0.4, -0.2) is 37.0 Å². The van der Waals surface area contributed by atoms with Crippen molar-refractivity contribution in [1.82, 2.24) is 5.32 Å². The molecule has 0 aliphatic carbocycles. The zero-order chi connectivity index (χ0) is 15.1. The van der Waals surface area contributed by atoms with E-state index in [0.29, 0.717) is 24.4 Å². The lowest BCUT2D eigenvalue weighted by Gasteiger charge is -2.12. The number of nitrogens with two attached hydrogens (primary N) is 1. The summed E-state index contributed by atoms with van der Waals surface area (Å²) in [5, 5.41) is 2.85. The first-order valence-corrected chi connectivity index (χ1v) is 8.30. The number of thioether (sulfide) groups is 1. The van der Waals surface area contributed by atoms with Crippen molar-refractivity contribution in [2.24, 2.45) is 5.73 Å². The van der Waals surface area contributed by atoms with Gasteiger partial charge in [-0.25, -0.2) is 4.39 Å². The maximum absolute atomic E-state index is 13.4. The first kappa shape index (κ1) is 16.3. The number of benzene rings is 1. The number of amides is 1. The van der Waals surface area contributed by atoms with Gasteiger partial charge in [0.2, 0.25) is 5.91 Å². The summed E-state index contributed by atoms with van der Waals surface area (Å²) in [6.07, 6.45) is 1.22. The second kappa shape index (κ2) is 8.36. The van der Waals surface area contributed by atoms with Crippen LogP contribution in [0.15, 0.2) is 24.3 Å². The van der Waals surface area contributed by atoms with Crippen LogP contribution in [0.25, 0.3) is 0 Å². The van der Waals surface area contributed by atoms with Crippen LogP contribution in [0.4, 0.5) is 4.39 Å². The molecule has 1 fully saturated rings. The Balaban J connectivity index is 1.60. The highest BCUT2D eigenvalue weighted by Crippen LogP contribution is 2.19. The Hall–Kier alpha value is -1.11. The largest absolute Gasteiger partial charge is 0.364 e. The average molecular weight is 312 g/mol. The van der Waals surface area contributed by atoms with Gasteiger partial charge in [0.25, 0.3) is 0 Å². The van der Waals surface area contributed by atoms with E-state index in [1.807, 2.05) is 6.07 Å². The molecule has 0 bridgehead atoms. The third-order valence-corrected chi connectivity index (χ3v) is 4.43. The number of carbonyl (C=O) groups is 1. The summed E-state index contributed by atoms with van der Waals surface area (Å²) in [5.41, 5.74) is 6.21. The molecule has 21 heavy (non-hydrogen) atoms. The first-order valence-electron chi connectivity index (χ1n) is 7.15. The molecule has 0 radical (unpaired) electrons. The summed E-state index contributed by atoms with van der Waals surface area (Å²) >= 11 is 1.59. The van der Waals surface area contributed by atoms with Gasteiger partial charge in [-0.1, -0.05) is 18.2 Å². The standard InChI is InChI=1S/C15H21FN2O2S/c16-13-4-2-1-3-11(13)10-21-8-7-18-15(19)14-6-5-12(9-17)20-14/h1-4,12,14H,5-10,17H2,(H,18,19)/t12-,14+/m1/s1. The van der Waals surface area contributed by atoms with Crippen LogP contribution in [0.1, 0.15) is 18.4 Å². The van der Waals surface area contributed by atoms with Crippen LogP contribution in [0.5, 0.6) is 0 Å². The normalized spacial score (nSPS) is 21.4. The van der Waals surface area contributed by atoms with Gasteiger partial charge in [-0.05, 0) is 24.5 Å². The van der Waals surface area contributed by atoms with Crippen molar-refractivity contribution in [3.05, 3.63) is 35.6 Å². The topological polar surface area (TPSA) is 64.4 Å². The van der Waals surface area contributed by atoms with Gasteiger partial charge < -0.3 is 15.8 Å². The van der Waals surface area contributed by atoms with Gasteiger partial charge in [-0.3, -0.25) is 4.79 Å². The van der Waals surface area contributed by atoms with Crippen LogP contribution >= 0.6 is 11.8 Å². The van der Waals surface area contributed by atoms with Crippen LogP contribution in [0, 0.1) is 5.82 Å². The number of ether oxygens (including phenoxy) is 1. The fraction of sp³-hybridized carbons (Fsp3) is 0.533. The number of carbonyl (C=O) groups excluding carboxylic acids is 1. The van der Waals surface area contributed by atoms with E-state index in [9.17, 15) is 9.18 Å². The van der Waals surface area contributed by atoms with Gasteiger partial charge in [0, 0.05) is 24.6 Å². The van der Waals surface area contributed by atoms with Crippen molar-refractivity contribution < 1.29 is 13.9 Å². The van der Waals surface area contributed by atoms with E-state index in [-0.39, 0.29) is 23.9 Å². The van der Waals surface area contributed by atoms with Crippen molar-refractivity contribution in [3.8, 4) is 0 Å². The van der Waals surface area contributed by atoms with E-state index in [0.717, 1.165) is 18.6 Å². The Bertz CT molecular complexity index is 473. The molecule has 4 nitrogen and oxygen atoms in total. The summed E-state index contributed by atoms with van der Waals surface area (Å²) in [5.74, 6) is 1.10. The molecular weight excluding hydrogens is 291 g/mol. The van der Waals surface area contributed by atoms with E-state index >= 15 is 0 Å². The molecular formula is C15H21FN2O2S. The maximum Gasteiger partial charge on any atom is 0.249 e. The molecule has 1 aliphatic rings. The highest BCUT2D eigenvalue weighted by molar-refractivity contribution is 7.98. The van der Waals surface area contributed by atoms with Gasteiger partial charge >= 0.3 is 0 Å². The third-order valence-electron chi connectivity index (χ3n) is 3.42. The minimum absolute atomic E-state index is 0.0104. The molecule has 3 N–H and O–H groups in total. The lowest BCUT2D eigenvalue weighted by molar-refractivity contribution is -0.131. The summed E-state index contributed by atoms with van der Waals surface area (Å²) in [6.45, 7) is 1.02. The molecule has 2 atom stereocenters. The minimum Gasteiger partial charge on any atom is -0.364 e. The molecule has 0 saturated carbocycles. The minimum atomic E-state index is -0.366. The fourth-order valence-corrected chi connectivity index (χ4v) is 3.07. The van der Waals surface area contributed by atoms with E-state index < -0.39 is 0 Å². The van der Waals surface area contributed by atoms with Gasteiger partial charge in [-0.15, -0.1) is 0 Å². The SMILES string of the molecule is NC[C@H]1CC[C@@H](C(=O)NCCSCc2ccccc2F)O1. The second-order valence-corrected chi connectivity index (χ2v) is 6.10. The molecule has 1 heterocycles. The predicted octanol–water partition coefficient (Wildman–Crippen LogP) is 1.68. The zero-order valence-electron chi connectivity index (χ0n) is 11.9. The Morgan fingerprint density at radius 2 is 2.24 bits per heavy atom. The Kier molecular flexibility index (Phi) is 6.48. The van der Waals surface area contributed by atoms with Crippen molar-refractivity contribution in [2.45, 2.75) is 30.8 Å². The highest BCUT2D eigenvalue weighted by atomic mass is 32.2. The number of halogens is 1. The van der Waals surface area contributed by atoms with Crippen molar-refractivity contribution in [2.75, 3.05) is 18.8 Å². The van der Waals surface area contributed by atoms with Crippen LogP contribution in [0.3, 0.4) is 0 Å². The van der Waals surface area contributed by atoms with Crippen molar-refractivity contribution >= 4 is 17.7 Å². The smallest absolute Gasteiger partial charge is 0.249 e. The molecule has 6 heteroatoms. The highest BCUT2D eigenvalue weighted by Gasteiger charge is 2.29. The summed E-state index contributed by atoms with van der Waals surface area (Å²) < 4.78 is 18.9. The molecule has 0 spiro atoms. The maximum atomic E-state index is 13.4. The molecule has 0 unspecified atom stereocenters. The van der Waals surface area contributed by atoms with Crippen molar-refractivity contribution in [1.29, 1.82) is 0 Å². The molecule has 0 aromatic heterocycles. The molecule has 1 saturated heterocycles.